The van der Waals surface area contributed by atoms with Crippen LogP contribution < -0.4 is 14.2 Å². The number of anilines is 1. The van der Waals surface area contributed by atoms with E-state index in [9.17, 15) is 13.7 Å². The fraction of sp³-hybridized carbons (Fsp3) is 0.304. The van der Waals surface area contributed by atoms with Crippen LogP contribution in [0.2, 0.25) is 5.02 Å². The first-order valence-electron chi connectivity index (χ1n) is 10.1. The molecule has 10 heteroatoms. The van der Waals surface area contributed by atoms with Crippen LogP contribution in [-0.4, -0.2) is 26.3 Å². The molecule has 0 aliphatic heterocycles. The van der Waals surface area contributed by atoms with Gasteiger partial charge in [0.15, 0.2) is 5.75 Å². The lowest BCUT2D eigenvalue weighted by Gasteiger charge is -2.27. The molecule has 1 heterocycles. The number of halogens is 1. The second-order valence-electron chi connectivity index (χ2n) is 7.84. The highest BCUT2D eigenvalue weighted by Crippen LogP contribution is 2.38. The summed E-state index contributed by atoms with van der Waals surface area (Å²) in [6, 6.07) is 13.2. The van der Waals surface area contributed by atoms with Crippen LogP contribution in [0.3, 0.4) is 0 Å². The predicted octanol–water partition coefficient (Wildman–Crippen LogP) is 4.87. The van der Waals surface area contributed by atoms with E-state index in [0.717, 1.165) is 17.4 Å². The molecule has 1 aromatic heterocycles. The van der Waals surface area contributed by atoms with Crippen LogP contribution >= 0.6 is 11.6 Å². The molecule has 33 heavy (non-hydrogen) atoms. The number of aromatic nitrogens is 1. The maximum Gasteiger partial charge on any atom is 0.308 e. The van der Waals surface area contributed by atoms with Crippen molar-refractivity contribution in [2.24, 2.45) is 0 Å². The lowest BCUT2D eigenvalue weighted by Crippen LogP contribution is -2.19. The molecule has 0 saturated heterocycles. The monoisotopic (exact) mass is 489 g/mol. The van der Waals surface area contributed by atoms with Gasteiger partial charge >= 0.3 is 6.01 Å². The van der Waals surface area contributed by atoms with Crippen molar-refractivity contribution in [2.75, 3.05) is 17.6 Å². The fourth-order valence-electron chi connectivity index (χ4n) is 3.20. The van der Waals surface area contributed by atoms with E-state index in [2.05, 4.69) is 15.8 Å². The lowest BCUT2D eigenvalue weighted by molar-refractivity contribution is 0.301. The number of sulfonamides is 1. The van der Waals surface area contributed by atoms with Crippen molar-refractivity contribution < 1.29 is 22.3 Å². The van der Waals surface area contributed by atoms with Gasteiger partial charge in [-0.3, -0.25) is 0 Å². The number of nitrogens with zero attached hydrogens (tertiary/aromatic N) is 2. The summed E-state index contributed by atoms with van der Waals surface area (Å²) in [5.74, 6) is 1.00. The number of benzene rings is 2. The Morgan fingerprint density at radius 1 is 1.18 bits per heavy atom. The highest BCUT2D eigenvalue weighted by atomic mass is 35.5. The Kier molecular flexibility index (Phi) is 7.20. The number of hydrogen-bond donors (Lipinski definition) is 1. The molecule has 0 aliphatic rings. The van der Waals surface area contributed by atoms with Crippen molar-refractivity contribution in [1.82, 2.24) is 4.98 Å². The minimum Gasteiger partial charge on any atom is -0.491 e. The fourth-order valence-corrected chi connectivity index (χ4v) is 3.88. The maximum absolute atomic E-state index is 11.2. The molecule has 0 amide bonds. The molecule has 3 aromatic rings. The van der Waals surface area contributed by atoms with E-state index >= 15 is 0 Å². The van der Waals surface area contributed by atoms with Crippen molar-refractivity contribution in [2.45, 2.75) is 32.8 Å². The van der Waals surface area contributed by atoms with E-state index in [1.54, 1.807) is 6.07 Å². The normalized spacial score (nSPS) is 11.6. The molecule has 174 valence electrons. The molecule has 0 bridgehead atoms. The molecule has 0 saturated carbocycles. The van der Waals surface area contributed by atoms with Crippen molar-refractivity contribution in [3.05, 3.63) is 70.1 Å². The minimum absolute atomic E-state index is 0.109. The van der Waals surface area contributed by atoms with E-state index in [0.29, 0.717) is 34.4 Å². The SMILES string of the molecule is CCOc1c(Cl)cc(C(C)(C)c2ccc(OCc3coc(NS(C)(=O)=O)n3)cc2)cc1C#N. The Balaban J connectivity index is 1.74. The van der Waals surface area contributed by atoms with E-state index in [1.807, 2.05) is 51.1 Å². The van der Waals surface area contributed by atoms with Gasteiger partial charge in [0.1, 0.15) is 30.4 Å². The maximum atomic E-state index is 11.2. The summed E-state index contributed by atoms with van der Waals surface area (Å²) in [6.07, 6.45) is 2.34. The first kappa shape index (κ1) is 24.4. The smallest absolute Gasteiger partial charge is 0.308 e. The van der Waals surface area contributed by atoms with Crippen LogP contribution in [0.1, 0.15) is 43.2 Å². The van der Waals surface area contributed by atoms with Gasteiger partial charge < -0.3 is 13.9 Å². The second kappa shape index (κ2) is 9.73. The zero-order valence-electron chi connectivity index (χ0n) is 18.7. The van der Waals surface area contributed by atoms with Crippen molar-refractivity contribution >= 4 is 27.6 Å². The average Bonchev–Trinajstić information content (AvgIpc) is 3.19. The number of oxazole rings is 1. The Morgan fingerprint density at radius 2 is 1.88 bits per heavy atom. The highest BCUT2D eigenvalue weighted by molar-refractivity contribution is 7.91. The van der Waals surface area contributed by atoms with Gasteiger partial charge in [0.2, 0.25) is 10.0 Å². The number of nitrogens with one attached hydrogen (secondary N) is 1. The van der Waals surface area contributed by atoms with Crippen LogP contribution in [-0.2, 0) is 22.0 Å². The minimum atomic E-state index is -3.47. The average molecular weight is 490 g/mol. The van der Waals surface area contributed by atoms with Gasteiger partial charge in [-0.05, 0) is 42.3 Å². The summed E-state index contributed by atoms with van der Waals surface area (Å²) < 4.78 is 40.9. The van der Waals surface area contributed by atoms with Crippen molar-refractivity contribution in [3.63, 3.8) is 0 Å². The number of ether oxygens (including phenoxy) is 2. The third kappa shape index (κ3) is 5.97. The van der Waals surface area contributed by atoms with E-state index in [1.165, 1.54) is 6.26 Å². The zero-order valence-corrected chi connectivity index (χ0v) is 20.2. The van der Waals surface area contributed by atoms with E-state index < -0.39 is 15.4 Å². The predicted molar refractivity (Wildman–Crippen MR) is 125 cm³/mol. The highest BCUT2D eigenvalue weighted by Gasteiger charge is 2.26. The third-order valence-corrected chi connectivity index (χ3v) is 5.79. The molecule has 0 radical (unpaired) electrons. The Morgan fingerprint density at radius 3 is 2.48 bits per heavy atom. The molecule has 0 unspecified atom stereocenters. The van der Waals surface area contributed by atoms with Gasteiger partial charge in [-0.25, -0.2) is 13.1 Å². The summed E-state index contributed by atoms with van der Waals surface area (Å²) in [7, 11) is -3.47. The molecular weight excluding hydrogens is 466 g/mol. The molecule has 0 fully saturated rings. The molecule has 1 N–H and O–H groups in total. The van der Waals surface area contributed by atoms with Gasteiger partial charge in [-0.1, -0.05) is 37.6 Å². The molecular formula is C23H24ClN3O5S. The summed E-state index contributed by atoms with van der Waals surface area (Å²) in [5, 5.41) is 9.93. The van der Waals surface area contributed by atoms with Crippen LogP contribution in [0, 0.1) is 11.3 Å². The largest absolute Gasteiger partial charge is 0.491 e. The molecule has 0 atom stereocenters. The molecule has 2 aromatic carbocycles. The first-order chi connectivity index (χ1) is 15.5. The quantitative estimate of drug-likeness (QED) is 0.455. The van der Waals surface area contributed by atoms with Gasteiger partial charge in [0, 0.05) is 5.41 Å². The molecule has 0 aliphatic carbocycles. The van der Waals surface area contributed by atoms with Crippen molar-refractivity contribution in [3.8, 4) is 17.6 Å². The molecule has 0 spiro atoms. The van der Waals surface area contributed by atoms with Gasteiger partial charge in [-0.2, -0.15) is 10.2 Å². The topological polar surface area (TPSA) is 114 Å². The molecule has 8 nitrogen and oxygen atoms in total. The van der Waals surface area contributed by atoms with Crippen LogP contribution in [0.5, 0.6) is 11.5 Å². The second-order valence-corrected chi connectivity index (χ2v) is 9.99. The summed E-state index contributed by atoms with van der Waals surface area (Å²) in [5.41, 5.74) is 2.29. The Labute approximate surface area is 198 Å². The van der Waals surface area contributed by atoms with Gasteiger partial charge in [0.25, 0.3) is 0 Å². The third-order valence-electron chi connectivity index (χ3n) is 4.96. The Bertz CT molecular complexity index is 1280. The number of rotatable bonds is 9. The van der Waals surface area contributed by atoms with Gasteiger partial charge in [0.05, 0.1) is 23.4 Å². The summed E-state index contributed by atoms with van der Waals surface area (Å²) in [4.78, 5) is 4.02. The number of nitriles is 1. The van der Waals surface area contributed by atoms with E-state index in [4.69, 9.17) is 25.5 Å². The summed E-state index contributed by atoms with van der Waals surface area (Å²) in [6.45, 7) is 6.46. The summed E-state index contributed by atoms with van der Waals surface area (Å²) >= 11 is 6.40. The van der Waals surface area contributed by atoms with Gasteiger partial charge in [-0.15, -0.1) is 0 Å². The lowest BCUT2D eigenvalue weighted by atomic mass is 9.77. The number of hydrogen-bond acceptors (Lipinski definition) is 7. The van der Waals surface area contributed by atoms with E-state index in [-0.39, 0.29) is 12.6 Å². The Hall–Kier alpha value is -3.22. The van der Waals surface area contributed by atoms with Crippen LogP contribution in [0.15, 0.2) is 47.1 Å². The van der Waals surface area contributed by atoms with Crippen LogP contribution in [0.4, 0.5) is 6.01 Å². The zero-order chi connectivity index (χ0) is 24.2. The first-order valence-corrected chi connectivity index (χ1v) is 12.3. The molecule has 3 rings (SSSR count). The standard InChI is InChI=1S/C23H24ClN3O5S/c1-5-30-21-15(12-25)10-17(11-20(21)24)23(2,3)16-6-8-19(9-7-16)31-13-18-14-32-22(26-18)27-33(4,28)29/h6-11,14H,5,13H2,1-4H3,(H,26,27). The van der Waals surface area contributed by atoms with Crippen LogP contribution in [0.25, 0.3) is 0 Å². The van der Waals surface area contributed by atoms with Crippen molar-refractivity contribution in [1.29, 1.82) is 5.26 Å².